The highest BCUT2D eigenvalue weighted by atomic mass is 32.1. The molecule has 0 N–H and O–H groups in total. The number of aromatic nitrogens is 1. The Kier molecular flexibility index (Phi) is 5.30. The lowest BCUT2D eigenvalue weighted by molar-refractivity contribution is 0.00578. The summed E-state index contributed by atoms with van der Waals surface area (Å²) in [6.45, 7) is 17.4. The summed E-state index contributed by atoms with van der Waals surface area (Å²) in [6, 6.07) is -0.0767. The van der Waals surface area contributed by atoms with Crippen LogP contribution in [0.1, 0.15) is 62.3 Å². The van der Waals surface area contributed by atoms with Gasteiger partial charge in [0, 0.05) is 11.4 Å². The summed E-state index contributed by atoms with van der Waals surface area (Å²) in [5.41, 5.74) is -0.738. The minimum absolute atomic E-state index is 0.0767. The van der Waals surface area contributed by atoms with Crippen LogP contribution >= 0.6 is 11.3 Å². The fraction of sp³-hybridized carbons (Fsp3) is 0.765. The first-order valence-electron chi connectivity index (χ1n) is 8.57. The Morgan fingerprint density at radius 1 is 1.24 bits per heavy atom. The molecule has 0 aliphatic carbocycles. The molecule has 8 heteroatoms. The molecule has 1 aromatic heterocycles. The van der Waals surface area contributed by atoms with Gasteiger partial charge in [0.05, 0.1) is 16.8 Å². The van der Waals surface area contributed by atoms with Crippen molar-refractivity contribution in [3.8, 4) is 0 Å². The standard InChI is InChI=1S/C17H29BN2O4S/c1-11(2)20(14(21)22-15(3,4)5)13-19-12(10-25-13)18-23-16(6,7)17(8,9)24-18/h10-11H,1-9H3. The largest absolute Gasteiger partial charge is 0.515 e. The van der Waals surface area contributed by atoms with Crippen molar-refractivity contribution in [2.45, 2.75) is 85.2 Å². The SMILES string of the molecule is CC(C)N(C(=O)OC(C)(C)C)c1nc(B2OC(C)(C)C(C)(C)O2)cs1. The van der Waals surface area contributed by atoms with Gasteiger partial charge in [-0.15, -0.1) is 11.3 Å². The van der Waals surface area contributed by atoms with Crippen LogP contribution in [0.3, 0.4) is 0 Å². The second-order valence-corrected chi connectivity index (χ2v) is 9.42. The number of hydrogen-bond donors (Lipinski definition) is 0. The van der Waals surface area contributed by atoms with Gasteiger partial charge >= 0.3 is 13.2 Å². The number of carbonyl (C=O) groups excluding carboxylic acids is 1. The van der Waals surface area contributed by atoms with Gasteiger partial charge in [0.1, 0.15) is 5.60 Å². The predicted molar refractivity (Wildman–Crippen MR) is 102 cm³/mol. The molecule has 0 saturated carbocycles. The van der Waals surface area contributed by atoms with E-state index in [-0.39, 0.29) is 6.04 Å². The normalized spacial score (nSPS) is 19.4. The fourth-order valence-corrected chi connectivity index (χ4v) is 3.23. The van der Waals surface area contributed by atoms with Gasteiger partial charge in [-0.1, -0.05) is 0 Å². The number of amides is 1. The molecule has 1 fully saturated rings. The minimum atomic E-state index is -0.559. The van der Waals surface area contributed by atoms with E-state index in [9.17, 15) is 4.79 Å². The van der Waals surface area contributed by atoms with Crippen LogP contribution in [-0.4, -0.2) is 41.0 Å². The van der Waals surface area contributed by atoms with E-state index in [4.69, 9.17) is 14.0 Å². The topological polar surface area (TPSA) is 60.9 Å². The highest BCUT2D eigenvalue weighted by Crippen LogP contribution is 2.36. The van der Waals surface area contributed by atoms with Gasteiger partial charge in [-0.3, -0.25) is 4.90 Å². The lowest BCUT2D eigenvalue weighted by Gasteiger charge is -2.32. The Hall–Kier alpha value is -1.12. The molecule has 1 aromatic rings. The van der Waals surface area contributed by atoms with Crippen LogP contribution in [0.15, 0.2) is 5.38 Å². The molecule has 1 aliphatic rings. The number of rotatable bonds is 3. The molecule has 0 radical (unpaired) electrons. The van der Waals surface area contributed by atoms with E-state index >= 15 is 0 Å². The predicted octanol–water partition coefficient (Wildman–Crippen LogP) is 3.59. The molecule has 1 amide bonds. The smallest absolute Gasteiger partial charge is 0.443 e. The van der Waals surface area contributed by atoms with E-state index in [0.29, 0.717) is 10.7 Å². The summed E-state index contributed by atoms with van der Waals surface area (Å²) < 4.78 is 17.6. The lowest BCUT2D eigenvalue weighted by Crippen LogP contribution is -2.42. The van der Waals surface area contributed by atoms with Gasteiger partial charge in [0.2, 0.25) is 0 Å². The van der Waals surface area contributed by atoms with Gasteiger partial charge in [0.25, 0.3) is 0 Å². The van der Waals surface area contributed by atoms with Crippen LogP contribution in [0.25, 0.3) is 0 Å². The van der Waals surface area contributed by atoms with E-state index in [1.54, 1.807) is 4.90 Å². The zero-order valence-corrected chi connectivity index (χ0v) is 17.5. The first-order chi connectivity index (χ1) is 11.2. The van der Waals surface area contributed by atoms with Gasteiger partial charge in [-0.2, -0.15) is 0 Å². The average Bonchev–Trinajstić information content (AvgIpc) is 2.90. The lowest BCUT2D eigenvalue weighted by atomic mass is 9.86. The molecular formula is C17H29BN2O4S. The fourth-order valence-electron chi connectivity index (χ4n) is 2.28. The quantitative estimate of drug-likeness (QED) is 0.763. The van der Waals surface area contributed by atoms with Crippen molar-refractivity contribution in [3.63, 3.8) is 0 Å². The van der Waals surface area contributed by atoms with E-state index in [2.05, 4.69) is 4.98 Å². The first-order valence-corrected chi connectivity index (χ1v) is 9.45. The Balaban J connectivity index is 2.23. The van der Waals surface area contributed by atoms with Gasteiger partial charge in [-0.05, 0) is 62.3 Å². The van der Waals surface area contributed by atoms with Crippen molar-refractivity contribution in [1.82, 2.24) is 4.98 Å². The first kappa shape index (κ1) is 20.2. The molecule has 1 saturated heterocycles. The monoisotopic (exact) mass is 368 g/mol. The highest BCUT2D eigenvalue weighted by Gasteiger charge is 2.52. The Bertz CT molecular complexity index is 621. The van der Waals surface area contributed by atoms with Crippen LogP contribution < -0.4 is 10.5 Å². The van der Waals surface area contributed by atoms with E-state index < -0.39 is 30.0 Å². The number of hydrogen-bond acceptors (Lipinski definition) is 6. The maximum absolute atomic E-state index is 12.5. The molecule has 0 atom stereocenters. The number of ether oxygens (including phenoxy) is 1. The van der Waals surface area contributed by atoms with Gasteiger partial charge in [-0.25, -0.2) is 9.78 Å². The molecule has 0 unspecified atom stereocenters. The van der Waals surface area contributed by atoms with Crippen molar-refractivity contribution in [2.75, 3.05) is 4.90 Å². The van der Waals surface area contributed by atoms with Gasteiger partial charge < -0.3 is 14.0 Å². The molecule has 0 aromatic carbocycles. The van der Waals surface area contributed by atoms with Crippen molar-refractivity contribution in [2.24, 2.45) is 0 Å². The highest BCUT2D eigenvalue weighted by molar-refractivity contribution is 7.14. The third kappa shape index (κ3) is 4.35. The van der Waals surface area contributed by atoms with E-state index in [1.165, 1.54) is 11.3 Å². The van der Waals surface area contributed by atoms with Gasteiger partial charge in [0.15, 0.2) is 5.13 Å². The number of anilines is 1. The van der Waals surface area contributed by atoms with Crippen LogP contribution in [0.5, 0.6) is 0 Å². The summed E-state index contributed by atoms with van der Waals surface area (Å²) in [6.07, 6.45) is -0.405. The van der Waals surface area contributed by atoms with E-state index in [1.807, 2.05) is 67.7 Å². The van der Waals surface area contributed by atoms with Crippen LogP contribution in [-0.2, 0) is 14.0 Å². The zero-order valence-electron chi connectivity index (χ0n) is 16.7. The van der Waals surface area contributed by atoms with E-state index in [0.717, 1.165) is 0 Å². The van der Waals surface area contributed by atoms with Crippen molar-refractivity contribution < 1.29 is 18.8 Å². The average molecular weight is 368 g/mol. The summed E-state index contributed by atoms with van der Waals surface area (Å²) in [7, 11) is -0.539. The third-order valence-electron chi connectivity index (χ3n) is 4.32. The zero-order chi connectivity index (χ0) is 19.2. The molecule has 25 heavy (non-hydrogen) atoms. The summed E-state index contributed by atoms with van der Waals surface area (Å²) in [5, 5.41) is 2.45. The molecule has 6 nitrogen and oxygen atoms in total. The van der Waals surface area contributed by atoms with Crippen LogP contribution in [0, 0.1) is 0 Å². The number of carbonyl (C=O) groups is 1. The molecule has 0 bridgehead atoms. The van der Waals surface area contributed by atoms with Crippen LogP contribution in [0.2, 0.25) is 0 Å². The maximum Gasteiger partial charge on any atom is 0.515 e. The molecule has 2 heterocycles. The maximum atomic E-state index is 12.5. The molecule has 1 aliphatic heterocycles. The van der Waals surface area contributed by atoms with Crippen LogP contribution in [0.4, 0.5) is 9.93 Å². The third-order valence-corrected chi connectivity index (χ3v) is 5.18. The Morgan fingerprint density at radius 3 is 2.20 bits per heavy atom. The molecule has 140 valence electrons. The second kappa shape index (κ2) is 6.56. The molecule has 0 spiro atoms. The summed E-state index contributed by atoms with van der Waals surface area (Å²) in [5.74, 6) is 0. The van der Waals surface area contributed by atoms with Crippen molar-refractivity contribution in [3.05, 3.63) is 5.38 Å². The Labute approximate surface area is 155 Å². The van der Waals surface area contributed by atoms with Crippen molar-refractivity contribution >= 4 is 35.3 Å². The number of nitrogens with zero attached hydrogens (tertiary/aromatic N) is 2. The van der Waals surface area contributed by atoms with Crippen molar-refractivity contribution in [1.29, 1.82) is 0 Å². The molecule has 2 rings (SSSR count). The minimum Gasteiger partial charge on any atom is -0.443 e. The summed E-state index contributed by atoms with van der Waals surface area (Å²) in [4.78, 5) is 18.7. The Morgan fingerprint density at radius 2 is 1.76 bits per heavy atom. The molecular weight excluding hydrogens is 339 g/mol. The summed E-state index contributed by atoms with van der Waals surface area (Å²) >= 11 is 1.38. The number of thiazole rings is 1. The second-order valence-electron chi connectivity index (χ2n) is 8.59.